The lowest BCUT2D eigenvalue weighted by Crippen LogP contribution is -1.96. The number of aliphatic hydroxyl groups excluding tert-OH is 1. The molecule has 0 atom stereocenters. The third kappa shape index (κ3) is 1.97. The predicted octanol–water partition coefficient (Wildman–Crippen LogP) is 1.57. The molecule has 0 aliphatic carbocycles. The second-order valence-electron chi connectivity index (χ2n) is 3.60. The third-order valence-electron chi connectivity index (χ3n) is 2.60. The van der Waals surface area contributed by atoms with Crippen LogP contribution in [0.3, 0.4) is 0 Å². The highest BCUT2D eigenvalue weighted by molar-refractivity contribution is 5.62. The Balaban J connectivity index is 2.44. The van der Waals surface area contributed by atoms with E-state index in [-0.39, 0.29) is 6.61 Å². The number of aryl methyl sites for hydroxylation is 1. The third-order valence-corrected chi connectivity index (χ3v) is 2.60. The summed E-state index contributed by atoms with van der Waals surface area (Å²) in [7, 11) is 0. The maximum Gasteiger partial charge on any atom is 0.0971 e. The molecule has 0 radical (unpaired) electrons. The first-order chi connectivity index (χ1) is 7.86. The van der Waals surface area contributed by atoms with Gasteiger partial charge in [-0.15, -0.1) is 0 Å². The molecular formula is C12H15N3O. The molecule has 0 spiro atoms. The van der Waals surface area contributed by atoms with E-state index in [1.807, 2.05) is 12.1 Å². The molecule has 0 aliphatic rings. The summed E-state index contributed by atoms with van der Waals surface area (Å²) in [6.45, 7) is 2.21. The maximum atomic E-state index is 9.07. The van der Waals surface area contributed by atoms with Crippen molar-refractivity contribution in [2.45, 2.75) is 19.8 Å². The van der Waals surface area contributed by atoms with Crippen molar-refractivity contribution in [2.75, 3.05) is 6.61 Å². The maximum absolute atomic E-state index is 9.07. The quantitative estimate of drug-likeness (QED) is 0.817. The molecule has 2 heterocycles. The smallest absolute Gasteiger partial charge is 0.0971 e. The van der Waals surface area contributed by atoms with E-state index in [0.29, 0.717) is 6.42 Å². The van der Waals surface area contributed by atoms with Gasteiger partial charge < -0.3 is 5.11 Å². The van der Waals surface area contributed by atoms with E-state index >= 15 is 0 Å². The molecule has 0 aromatic carbocycles. The summed E-state index contributed by atoms with van der Waals surface area (Å²) in [5.41, 5.74) is 4.08. The van der Waals surface area contributed by atoms with Crippen LogP contribution in [0.1, 0.15) is 18.2 Å². The van der Waals surface area contributed by atoms with Gasteiger partial charge in [0.2, 0.25) is 0 Å². The number of hydrogen-bond donors (Lipinski definition) is 2. The second kappa shape index (κ2) is 4.90. The summed E-state index contributed by atoms with van der Waals surface area (Å²) in [4.78, 5) is 4.08. The van der Waals surface area contributed by atoms with Crippen molar-refractivity contribution < 1.29 is 5.11 Å². The molecule has 0 amide bonds. The number of nitrogens with zero attached hydrogens (tertiary/aromatic N) is 2. The zero-order chi connectivity index (χ0) is 11.4. The second-order valence-corrected chi connectivity index (χ2v) is 3.60. The van der Waals surface area contributed by atoms with Gasteiger partial charge in [-0.05, 0) is 25.0 Å². The van der Waals surface area contributed by atoms with Crippen LogP contribution in [0.25, 0.3) is 11.3 Å². The summed E-state index contributed by atoms with van der Waals surface area (Å²) >= 11 is 0. The first-order valence-corrected chi connectivity index (χ1v) is 5.44. The Labute approximate surface area is 94.4 Å². The van der Waals surface area contributed by atoms with Crippen LogP contribution in [-0.2, 0) is 12.8 Å². The summed E-state index contributed by atoms with van der Waals surface area (Å²) < 4.78 is 0. The largest absolute Gasteiger partial charge is 0.396 e. The molecular weight excluding hydrogens is 202 g/mol. The predicted molar refractivity (Wildman–Crippen MR) is 62.0 cm³/mol. The van der Waals surface area contributed by atoms with Crippen LogP contribution in [0.2, 0.25) is 0 Å². The first-order valence-electron chi connectivity index (χ1n) is 5.44. The molecule has 16 heavy (non-hydrogen) atoms. The Morgan fingerprint density at radius 2 is 2.31 bits per heavy atom. The number of H-pyrrole nitrogens is 1. The van der Waals surface area contributed by atoms with Crippen molar-refractivity contribution in [3.8, 4) is 11.3 Å². The normalized spacial score (nSPS) is 10.6. The van der Waals surface area contributed by atoms with E-state index in [9.17, 15) is 0 Å². The highest BCUT2D eigenvalue weighted by Crippen LogP contribution is 2.23. The number of hydrogen-bond acceptors (Lipinski definition) is 3. The molecule has 2 rings (SSSR count). The van der Waals surface area contributed by atoms with E-state index in [2.05, 4.69) is 22.1 Å². The van der Waals surface area contributed by atoms with Crippen molar-refractivity contribution in [3.63, 3.8) is 0 Å². The van der Waals surface area contributed by atoms with E-state index in [4.69, 9.17) is 5.11 Å². The number of rotatable bonds is 4. The van der Waals surface area contributed by atoms with E-state index in [0.717, 1.165) is 28.9 Å². The molecule has 0 fully saturated rings. The molecule has 0 saturated carbocycles. The molecule has 0 bridgehead atoms. The topological polar surface area (TPSA) is 61.8 Å². The fourth-order valence-electron chi connectivity index (χ4n) is 1.82. The van der Waals surface area contributed by atoms with Gasteiger partial charge in [-0.25, -0.2) is 0 Å². The molecule has 2 N–H and O–H groups in total. The van der Waals surface area contributed by atoms with Gasteiger partial charge in [-0.2, -0.15) is 5.10 Å². The van der Waals surface area contributed by atoms with Gasteiger partial charge in [-0.3, -0.25) is 10.1 Å². The monoisotopic (exact) mass is 217 g/mol. The minimum Gasteiger partial charge on any atom is -0.396 e. The Bertz CT molecular complexity index is 451. The van der Waals surface area contributed by atoms with Gasteiger partial charge in [-0.1, -0.05) is 6.92 Å². The summed E-state index contributed by atoms with van der Waals surface area (Å²) in [5, 5.41) is 16.4. The number of pyridine rings is 1. The fraction of sp³-hybridized carbons (Fsp3) is 0.333. The molecule has 0 unspecified atom stereocenters. The van der Waals surface area contributed by atoms with Crippen molar-refractivity contribution in [1.29, 1.82) is 0 Å². The Morgan fingerprint density at radius 3 is 2.94 bits per heavy atom. The average Bonchev–Trinajstić information content (AvgIpc) is 2.74. The lowest BCUT2D eigenvalue weighted by atomic mass is 10.0. The van der Waals surface area contributed by atoms with E-state index in [1.54, 1.807) is 12.4 Å². The van der Waals surface area contributed by atoms with Crippen LogP contribution in [0, 0.1) is 0 Å². The molecule has 84 valence electrons. The molecule has 2 aromatic heterocycles. The highest BCUT2D eigenvalue weighted by Gasteiger charge is 2.12. The van der Waals surface area contributed by atoms with Gasteiger partial charge in [0.05, 0.1) is 5.69 Å². The van der Waals surface area contributed by atoms with Crippen LogP contribution in [0.15, 0.2) is 24.5 Å². The highest BCUT2D eigenvalue weighted by atomic mass is 16.2. The minimum absolute atomic E-state index is 0.139. The number of nitrogens with one attached hydrogen (secondary N) is 1. The average molecular weight is 217 g/mol. The fourth-order valence-corrected chi connectivity index (χ4v) is 1.82. The van der Waals surface area contributed by atoms with E-state index in [1.165, 1.54) is 0 Å². The molecule has 0 aliphatic heterocycles. The zero-order valence-electron chi connectivity index (χ0n) is 9.27. The van der Waals surface area contributed by atoms with Crippen molar-refractivity contribution in [3.05, 3.63) is 35.8 Å². The van der Waals surface area contributed by atoms with Gasteiger partial charge in [0, 0.05) is 35.8 Å². The van der Waals surface area contributed by atoms with Gasteiger partial charge in [0.15, 0.2) is 0 Å². The Morgan fingerprint density at radius 1 is 1.44 bits per heavy atom. The zero-order valence-corrected chi connectivity index (χ0v) is 9.27. The van der Waals surface area contributed by atoms with E-state index < -0.39 is 0 Å². The molecule has 2 aromatic rings. The summed E-state index contributed by atoms with van der Waals surface area (Å²) in [5.74, 6) is 0. The number of aliphatic hydroxyl groups is 1. The number of aromatic nitrogens is 3. The van der Waals surface area contributed by atoms with Crippen molar-refractivity contribution in [2.24, 2.45) is 0 Å². The lowest BCUT2D eigenvalue weighted by molar-refractivity contribution is 0.299. The van der Waals surface area contributed by atoms with Crippen LogP contribution >= 0.6 is 0 Å². The molecule has 4 nitrogen and oxygen atoms in total. The van der Waals surface area contributed by atoms with Crippen LogP contribution < -0.4 is 0 Å². The van der Waals surface area contributed by atoms with Gasteiger partial charge >= 0.3 is 0 Å². The van der Waals surface area contributed by atoms with Gasteiger partial charge in [0.1, 0.15) is 0 Å². The lowest BCUT2D eigenvalue weighted by Gasteiger charge is -2.02. The minimum atomic E-state index is 0.139. The number of aromatic amines is 1. The van der Waals surface area contributed by atoms with Crippen LogP contribution in [-0.4, -0.2) is 26.9 Å². The summed E-state index contributed by atoms with van der Waals surface area (Å²) in [6, 6.07) is 3.86. The van der Waals surface area contributed by atoms with Crippen LogP contribution in [0.5, 0.6) is 0 Å². The van der Waals surface area contributed by atoms with Crippen molar-refractivity contribution in [1.82, 2.24) is 15.2 Å². The van der Waals surface area contributed by atoms with Crippen molar-refractivity contribution >= 4 is 0 Å². The van der Waals surface area contributed by atoms with Crippen LogP contribution in [0.4, 0.5) is 0 Å². The first kappa shape index (κ1) is 10.8. The standard InChI is InChI=1S/C12H15N3O/c1-2-11-10(5-7-16)12(15-14-11)9-4-3-6-13-8-9/h3-4,6,8,16H,2,5,7H2,1H3,(H,14,15). The SMILES string of the molecule is CCc1[nH]nc(-c2cccnc2)c1CCO. The Kier molecular flexibility index (Phi) is 3.31. The molecule has 0 saturated heterocycles. The Hall–Kier alpha value is -1.68. The van der Waals surface area contributed by atoms with Gasteiger partial charge in [0.25, 0.3) is 0 Å². The molecule has 4 heteroatoms. The summed E-state index contributed by atoms with van der Waals surface area (Å²) in [6.07, 6.45) is 5.05.